The molecule has 0 bridgehead atoms. The van der Waals surface area contributed by atoms with E-state index in [1.165, 1.54) is 123 Å². The van der Waals surface area contributed by atoms with Gasteiger partial charge in [-0.25, -0.2) is 0 Å². The summed E-state index contributed by atoms with van der Waals surface area (Å²) in [6, 6.07) is 66.6. The summed E-state index contributed by atoms with van der Waals surface area (Å²) in [5, 5.41) is 2.63. The minimum Gasteiger partial charge on any atom is -0.334 e. The lowest BCUT2D eigenvalue weighted by atomic mass is 9.33. The fraction of sp³-hybridized carbons (Fsp3) is 0.284. The van der Waals surface area contributed by atoms with Gasteiger partial charge >= 0.3 is 0 Å². The zero-order valence-corrected chi connectivity index (χ0v) is 44.6. The summed E-state index contributed by atoms with van der Waals surface area (Å²) in [6.07, 6.45) is 4.59. The number of nitrogens with zero attached hydrogens (tertiary/aromatic N) is 3. The molecule has 0 spiro atoms. The Morgan fingerprint density at radius 2 is 1.01 bits per heavy atom. The van der Waals surface area contributed by atoms with Gasteiger partial charge in [0.15, 0.2) is 0 Å². The highest BCUT2D eigenvalue weighted by Gasteiger charge is 2.61. The summed E-state index contributed by atoms with van der Waals surface area (Å²) in [5.41, 5.74) is 20.5. The summed E-state index contributed by atoms with van der Waals surface area (Å²) in [6.45, 7) is 23.7. The molecule has 8 aromatic carbocycles. The molecule has 2 unspecified atom stereocenters. The van der Waals surface area contributed by atoms with Crippen molar-refractivity contribution in [1.82, 2.24) is 0 Å². The third-order valence-electron chi connectivity index (χ3n) is 17.4. The predicted molar refractivity (Wildman–Crippen MR) is 312 cm³/mol. The zero-order valence-electron chi connectivity index (χ0n) is 43.8. The molecular weight excluding hydrogens is 890 g/mol. The lowest BCUT2D eigenvalue weighted by Gasteiger charge is -2.53. The molecule has 2 atom stereocenters. The molecule has 1 aliphatic carbocycles. The topological polar surface area (TPSA) is 9.72 Å². The van der Waals surface area contributed by atoms with Gasteiger partial charge in [0, 0.05) is 65.4 Å². The molecule has 0 N–H and O–H groups in total. The molecule has 13 rings (SSSR count). The summed E-state index contributed by atoms with van der Waals surface area (Å²) in [7, 11) is 0. The van der Waals surface area contributed by atoms with E-state index in [1.54, 1.807) is 0 Å². The van der Waals surface area contributed by atoms with Gasteiger partial charge in [0.1, 0.15) is 0 Å². The lowest BCUT2D eigenvalue weighted by Crippen LogP contribution is -2.62. The Balaban J connectivity index is 1.18. The molecule has 4 aliphatic rings. The van der Waals surface area contributed by atoms with Crippen LogP contribution in [0.4, 0.5) is 45.5 Å². The third kappa shape index (κ3) is 6.48. The van der Waals surface area contributed by atoms with Crippen LogP contribution in [0, 0.1) is 0 Å². The van der Waals surface area contributed by atoms with E-state index in [1.807, 2.05) is 11.3 Å². The van der Waals surface area contributed by atoms with E-state index in [-0.39, 0.29) is 33.9 Å². The van der Waals surface area contributed by atoms with E-state index in [0.717, 1.165) is 12.8 Å². The van der Waals surface area contributed by atoms with Crippen LogP contribution in [0.1, 0.15) is 123 Å². The maximum Gasteiger partial charge on any atom is 0.252 e. The number of rotatable bonds is 4. The van der Waals surface area contributed by atoms with Gasteiger partial charge in [-0.3, -0.25) is 0 Å². The molecule has 3 aliphatic heterocycles. The summed E-state index contributed by atoms with van der Waals surface area (Å²) in [5.74, 6) is 0. The number of thiophene rings is 1. The quantitative estimate of drug-likeness (QED) is 0.163. The summed E-state index contributed by atoms with van der Waals surface area (Å²) in [4.78, 5) is 8.15. The van der Waals surface area contributed by atoms with Gasteiger partial charge in [-0.15, -0.1) is 11.3 Å². The third-order valence-corrected chi connectivity index (χ3v) is 18.5. The van der Waals surface area contributed by atoms with Crippen LogP contribution in [-0.2, 0) is 21.7 Å². The molecule has 358 valence electrons. The van der Waals surface area contributed by atoms with E-state index in [2.05, 4.69) is 254 Å². The molecule has 9 aromatic rings. The average Bonchev–Trinajstić information content (AvgIpc) is 3.86. The highest BCUT2D eigenvalue weighted by molar-refractivity contribution is 7.26. The molecular formula is C67H66BN3S. The van der Waals surface area contributed by atoms with Gasteiger partial charge < -0.3 is 14.7 Å². The first-order valence-corrected chi connectivity index (χ1v) is 27.3. The Labute approximate surface area is 432 Å². The van der Waals surface area contributed by atoms with Crippen molar-refractivity contribution in [3.63, 3.8) is 0 Å². The number of hydrogen-bond acceptors (Lipinski definition) is 4. The maximum atomic E-state index is 2.82. The summed E-state index contributed by atoms with van der Waals surface area (Å²) >= 11 is 1.90. The zero-order chi connectivity index (χ0) is 49.7. The smallest absolute Gasteiger partial charge is 0.252 e. The SMILES string of the molecule is CC(C)(C)c1ccc(N2c3ccc(C(C)(C)C)cc3B3c4cc(C(C)(C)C)ccc4N(c4cccc5sc6ccccc6c45)c4cc(N5c6ccccc6C6(c7ccccc7)CCCCC56C)cc2c43)cc1. The minimum atomic E-state index is -0.243. The predicted octanol–water partition coefficient (Wildman–Crippen LogP) is 16.8. The first-order valence-electron chi connectivity index (χ1n) is 26.5. The Hall–Kier alpha value is -6.56. The highest BCUT2D eigenvalue weighted by Crippen LogP contribution is 2.64. The number of fused-ring (bicyclic) bond motifs is 10. The van der Waals surface area contributed by atoms with Gasteiger partial charge in [-0.1, -0.05) is 184 Å². The van der Waals surface area contributed by atoms with Crippen molar-refractivity contribution in [2.75, 3.05) is 14.7 Å². The Morgan fingerprint density at radius 1 is 0.458 bits per heavy atom. The number of benzene rings is 8. The van der Waals surface area contributed by atoms with Crippen LogP contribution in [0.3, 0.4) is 0 Å². The monoisotopic (exact) mass is 956 g/mol. The highest BCUT2D eigenvalue weighted by atomic mass is 32.1. The van der Waals surface area contributed by atoms with E-state index in [9.17, 15) is 0 Å². The maximum absolute atomic E-state index is 2.82. The first-order chi connectivity index (χ1) is 34.5. The number of para-hydroxylation sites is 1. The molecule has 5 heteroatoms. The van der Waals surface area contributed by atoms with Crippen LogP contribution in [0.15, 0.2) is 170 Å². The Kier molecular flexibility index (Phi) is 9.90. The number of anilines is 8. The largest absolute Gasteiger partial charge is 0.334 e. The van der Waals surface area contributed by atoms with Crippen LogP contribution < -0.4 is 31.1 Å². The molecule has 0 saturated heterocycles. The molecule has 1 fully saturated rings. The molecule has 1 aromatic heterocycles. The molecule has 72 heavy (non-hydrogen) atoms. The van der Waals surface area contributed by atoms with E-state index < -0.39 is 0 Å². The van der Waals surface area contributed by atoms with Crippen LogP contribution in [0.5, 0.6) is 0 Å². The molecule has 0 amide bonds. The van der Waals surface area contributed by atoms with Crippen LogP contribution in [0.2, 0.25) is 0 Å². The van der Waals surface area contributed by atoms with Crippen molar-refractivity contribution in [2.45, 2.75) is 122 Å². The van der Waals surface area contributed by atoms with Gasteiger partial charge in [-0.2, -0.15) is 0 Å². The van der Waals surface area contributed by atoms with Gasteiger partial charge in [0.25, 0.3) is 6.71 Å². The van der Waals surface area contributed by atoms with Crippen LogP contribution >= 0.6 is 11.3 Å². The van der Waals surface area contributed by atoms with Gasteiger partial charge in [-0.05, 0) is 141 Å². The normalized spacial score (nSPS) is 19.3. The minimum absolute atomic E-state index is 0.0158. The van der Waals surface area contributed by atoms with E-state index >= 15 is 0 Å². The molecule has 0 radical (unpaired) electrons. The fourth-order valence-electron chi connectivity index (χ4n) is 13.8. The summed E-state index contributed by atoms with van der Waals surface area (Å²) < 4.78 is 2.63. The average molecular weight is 956 g/mol. The second-order valence-electron chi connectivity index (χ2n) is 24.7. The van der Waals surface area contributed by atoms with Crippen molar-refractivity contribution >= 4 is 100 Å². The molecule has 4 heterocycles. The van der Waals surface area contributed by atoms with Crippen molar-refractivity contribution in [3.05, 3.63) is 198 Å². The van der Waals surface area contributed by atoms with Crippen molar-refractivity contribution in [3.8, 4) is 0 Å². The van der Waals surface area contributed by atoms with E-state index in [4.69, 9.17) is 0 Å². The van der Waals surface area contributed by atoms with Crippen LogP contribution in [0.25, 0.3) is 20.2 Å². The molecule has 3 nitrogen and oxygen atoms in total. The van der Waals surface area contributed by atoms with Crippen molar-refractivity contribution in [1.29, 1.82) is 0 Å². The fourth-order valence-corrected chi connectivity index (χ4v) is 14.9. The van der Waals surface area contributed by atoms with Gasteiger partial charge in [0.05, 0.1) is 11.2 Å². The van der Waals surface area contributed by atoms with Crippen molar-refractivity contribution in [2.24, 2.45) is 0 Å². The Bertz CT molecular complexity index is 3640. The first kappa shape index (κ1) is 45.3. The lowest BCUT2D eigenvalue weighted by molar-refractivity contribution is 0.215. The van der Waals surface area contributed by atoms with Crippen molar-refractivity contribution < 1.29 is 0 Å². The Morgan fingerprint density at radius 3 is 1.69 bits per heavy atom. The number of hydrogen-bond donors (Lipinski definition) is 0. The van der Waals surface area contributed by atoms with Gasteiger partial charge in [0.2, 0.25) is 0 Å². The second-order valence-corrected chi connectivity index (χ2v) is 25.8. The second kappa shape index (κ2) is 15.7. The molecule has 1 saturated carbocycles. The van der Waals surface area contributed by atoms with Crippen LogP contribution in [-0.4, -0.2) is 12.3 Å². The standard InChI is InChI=1S/C67H66BN3S/c1-63(2,3)43-29-33-47(34-30-43)69-54-35-31-45(64(4,5)6)39-51(54)68-52-40-46(65(7,8)9)32-36-55(52)70(56-26-20-28-60-61(56)49-23-14-17-27-59(49)72-60)58-42-48(41-57(69)62(58)68)71-53-25-16-15-24-50(53)67(44-21-12-11-13-22-44)38-19-18-37-66(67,71)10/h11-17,20-36,39-42H,18-19,37-38H2,1-10H3. The van der Waals surface area contributed by atoms with E-state index in [0.29, 0.717) is 0 Å².